The largest absolute Gasteiger partial charge is 0.492 e. The van der Waals surface area contributed by atoms with E-state index in [2.05, 4.69) is 97.1 Å². The van der Waals surface area contributed by atoms with Gasteiger partial charge < -0.3 is 75.8 Å². The number of hydrogen-bond donors (Lipinski definition) is 0. The molecule has 0 unspecified atom stereocenters. The summed E-state index contributed by atoms with van der Waals surface area (Å²) in [5, 5.41) is 13.3. The van der Waals surface area contributed by atoms with Crippen LogP contribution in [0.3, 0.4) is 0 Å². The summed E-state index contributed by atoms with van der Waals surface area (Å²) in [5.41, 5.74) is 11.7. The highest BCUT2D eigenvalue weighted by Gasteiger charge is 2.39. The van der Waals surface area contributed by atoms with E-state index in [-0.39, 0.29) is 0 Å². The van der Waals surface area contributed by atoms with Crippen molar-refractivity contribution in [1.29, 1.82) is 0 Å². The average Bonchev–Trinajstić information content (AvgIpc) is 0.695. The zero-order valence-corrected chi connectivity index (χ0v) is 71.3. The maximum absolute atomic E-state index is 6.93. The zero-order valence-electron chi connectivity index (χ0n) is 71.3. The molecule has 0 atom stereocenters. The van der Waals surface area contributed by atoms with Crippen LogP contribution in [-0.4, -0.2) is 99.5 Å². The number of benzene rings is 18. The molecule has 18 aromatic carbocycles. The molecule has 0 aliphatic rings. The Morgan fingerprint density at radius 2 is 0.282 bits per heavy atom. The van der Waals surface area contributed by atoms with Crippen LogP contribution in [0.25, 0.3) is 164 Å². The van der Waals surface area contributed by atoms with Gasteiger partial charge in [0.1, 0.15) is 13.2 Å². The molecular formula is C108H90O16. The molecule has 0 aliphatic carbocycles. The van der Waals surface area contributed by atoms with Gasteiger partial charge in [0.25, 0.3) is 0 Å². The highest BCUT2D eigenvalue weighted by molar-refractivity contribution is 6.28. The minimum atomic E-state index is 0.308. The molecule has 0 aliphatic heterocycles. The van der Waals surface area contributed by atoms with Crippen LogP contribution in [0.2, 0.25) is 0 Å². The van der Waals surface area contributed by atoms with E-state index in [0.717, 1.165) is 120 Å². The number of methoxy groups -OCH3 is 14. The third-order valence-electron chi connectivity index (χ3n) is 23.8. The molecule has 0 spiro atoms. The van der Waals surface area contributed by atoms with Crippen molar-refractivity contribution in [1.82, 2.24) is 0 Å². The van der Waals surface area contributed by atoms with Gasteiger partial charge in [-0.1, -0.05) is 255 Å². The Morgan fingerprint density at radius 3 is 0.444 bits per heavy atom. The number of rotatable bonds is 27. The Kier molecular flexibility index (Phi) is 21.8. The molecule has 0 aromatic heterocycles. The lowest BCUT2D eigenvalue weighted by Crippen LogP contribution is -2.05. The van der Waals surface area contributed by atoms with Crippen molar-refractivity contribution < 1.29 is 75.8 Å². The molecule has 0 amide bonds. The summed E-state index contributed by atoms with van der Waals surface area (Å²) in [7, 11) is 23.3. The third kappa shape index (κ3) is 12.7. The Hall–Kier alpha value is -15.2. The molecule has 124 heavy (non-hydrogen) atoms. The first-order valence-corrected chi connectivity index (χ1v) is 40.6. The quantitative estimate of drug-likeness (QED) is 0.0480. The molecule has 16 nitrogen and oxygen atoms in total. The van der Waals surface area contributed by atoms with E-state index in [4.69, 9.17) is 75.8 Å². The molecule has 18 rings (SSSR count). The zero-order chi connectivity index (χ0) is 85.6. The molecule has 16 heteroatoms. The second-order valence-electron chi connectivity index (χ2n) is 29.7. The predicted octanol–water partition coefficient (Wildman–Crippen LogP) is 25.9. The second-order valence-corrected chi connectivity index (χ2v) is 29.7. The Labute approximate surface area is 718 Å². The van der Waals surface area contributed by atoms with Gasteiger partial charge in [-0.15, -0.1) is 0 Å². The van der Waals surface area contributed by atoms with Gasteiger partial charge in [0.2, 0.25) is 0 Å². The van der Waals surface area contributed by atoms with Crippen molar-refractivity contribution in [3.8, 4) is 170 Å². The standard InChI is InChI=1S/C108H90O16/c1-109-95-79(123-59-61-37-17-15-18-38-61)57-63-41-21-23-43-65(63)81(95)83-67-45-25-27-47-69(67)85(99(113-5)97(83)111-3)87-71-49-29-31-51-73(71)89(103(117-9)101(87)115-7)91-75-53-33-35-55-77(75)93(107(121-13)105(91)119-11)94-78-56-36-34-54-76(78)92(106(120-12)108(94)122-14)90-74-52-32-30-50-72(74)88(102(116-8)104(90)118-10)86-70-48-28-26-46-68(70)84(98(112-4)100(86)114-6)82-66-44-24-22-42-64(66)58-80(96(82)110-2)124-60-62-39-19-16-20-40-62/h15-58H,59-60H2,1-14H3. The highest BCUT2D eigenvalue weighted by Crippen LogP contribution is 2.67. The Balaban J connectivity index is 0.855. The van der Waals surface area contributed by atoms with Gasteiger partial charge in [-0.05, 0) is 109 Å². The van der Waals surface area contributed by atoms with Crippen LogP contribution in [0.4, 0.5) is 0 Å². The van der Waals surface area contributed by atoms with Crippen LogP contribution < -0.4 is 75.8 Å². The molecule has 18 aromatic rings. The van der Waals surface area contributed by atoms with Crippen LogP contribution in [0.5, 0.6) is 92.0 Å². The summed E-state index contributed by atoms with van der Waals surface area (Å²) in [6.07, 6.45) is 0. The van der Waals surface area contributed by atoms with Gasteiger partial charge in [-0.2, -0.15) is 0 Å². The molecule has 0 bridgehead atoms. The van der Waals surface area contributed by atoms with Gasteiger partial charge in [0, 0.05) is 77.9 Å². The van der Waals surface area contributed by atoms with E-state index < -0.39 is 0 Å². The van der Waals surface area contributed by atoms with Crippen molar-refractivity contribution in [2.24, 2.45) is 0 Å². The summed E-state index contributed by atoms with van der Waals surface area (Å²) in [6, 6.07) is 90.1. The van der Waals surface area contributed by atoms with Crippen LogP contribution in [0.1, 0.15) is 11.1 Å². The van der Waals surface area contributed by atoms with Gasteiger partial charge in [0.15, 0.2) is 92.0 Å². The first kappa shape index (κ1) is 79.9. The lowest BCUT2D eigenvalue weighted by atomic mass is 9.81. The van der Waals surface area contributed by atoms with Crippen LogP contribution in [0, 0.1) is 0 Å². The Bertz CT molecular complexity index is 6810. The lowest BCUT2D eigenvalue weighted by Gasteiger charge is -2.28. The third-order valence-corrected chi connectivity index (χ3v) is 23.8. The van der Waals surface area contributed by atoms with E-state index >= 15 is 0 Å². The van der Waals surface area contributed by atoms with Gasteiger partial charge in [-0.3, -0.25) is 0 Å². The molecule has 0 heterocycles. The monoisotopic (exact) mass is 1640 g/mol. The first-order chi connectivity index (χ1) is 61.0. The molecule has 618 valence electrons. The highest BCUT2D eigenvalue weighted by atomic mass is 16.5. The summed E-state index contributed by atoms with van der Waals surface area (Å²) >= 11 is 0. The summed E-state index contributed by atoms with van der Waals surface area (Å²) in [6.45, 7) is 0.616. The second kappa shape index (κ2) is 33.8. The van der Waals surface area contributed by atoms with Crippen LogP contribution in [-0.2, 0) is 13.2 Å². The molecule has 0 fully saturated rings. The van der Waals surface area contributed by atoms with E-state index in [1.165, 1.54) is 0 Å². The summed E-state index contributed by atoms with van der Waals surface area (Å²) in [5.74, 6) is 7.16. The van der Waals surface area contributed by atoms with Crippen molar-refractivity contribution in [2.45, 2.75) is 13.2 Å². The SMILES string of the molecule is COc1c(OCc2ccccc2)cc2ccccc2c1-c1c(OC)c(OC)c(-c2c(OC)c(OC)c(-c3c(OC)c(OC)c(-c4c(OC)c(OC)c(-c5c(OC)c(OC)c(-c6c(OC)c(OC)c(-c7c(OC)c(OCc8ccccc8)cc8ccccc78)c7ccccc67)c6ccccc56)c5ccccc45)c4ccccc34)c3ccccc23)c2ccccc12. The predicted molar refractivity (Wildman–Crippen MR) is 498 cm³/mol. The number of fused-ring (bicyclic) bond motifs is 8. The van der Waals surface area contributed by atoms with E-state index in [1.807, 2.05) is 170 Å². The minimum Gasteiger partial charge on any atom is -0.492 e. The maximum atomic E-state index is 6.93. The maximum Gasteiger partial charge on any atom is 0.169 e. The molecule has 0 radical (unpaired) electrons. The summed E-state index contributed by atoms with van der Waals surface area (Å²) in [4.78, 5) is 0. The Morgan fingerprint density at radius 1 is 0.145 bits per heavy atom. The van der Waals surface area contributed by atoms with Crippen molar-refractivity contribution in [2.75, 3.05) is 99.5 Å². The van der Waals surface area contributed by atoms with Crippen molar-refractivity contribution in [3.63, 3.8) is 0 Å². The fraction of sp³-hybridized carbons (Fsp3) is 0.148. The van der Waals surface area contributed by atoms with E-state index in [0.29, 0.717) is 161 Å². The number of hydrogen-bond acceptors (Lipinski definition) is 16. The lowest BCUT2D eigenvalue weighted by molar-refractivity contribution is 0.285. The fourth-order valence-electron chi connectivity index (χ4n) is 18.9. The van der Waals surface area contributed by atoms with Crippen LogP contribution in [0.15, 0.2) is 267 Å². The normalized spacial score (nSPS) is 11.4. The molecule has 0 N–H and O–H groups in total. The van der Waals surface area contributed by atoms with Crippen LogP contribution >= 0.6 is 0 Å². The van der Waals surface area contributed by atoms with E-state index in [9.17, 15) is 0 Å². The molecular weight excluding hydrogens is 1550 g/mol. The fourth-order valence-corrected chi connectivity index (χ4v) is 18.9. The average molecular weight is 1640 g/mol. The number of ether oxygens (including phenoxy) is 16. The molecule has 0 saturated carbocycles. The first-order valence-electron chi connectivity index (χ1n) is 40.6. The smallest absolute Gasteiger partial charge is 0.169 e. The minimum absolute atomic E-state index is 0.308. The van der Waals surface area contributed by atoms with Crippen molar-refractivity contribution >= 4 is 86.2 Å². The topological polar surface area (TPSA) is 148 Å². The van der Waals surface area contributed by atoms with Gasteiger partial charge in [-0.25, -0.2) is 0 Å². The summed E-state index contributed by atoms with van der Waals surface area (Å²) < 4.78 is 109. The van der Waals surface area contributed by atoms with Gasteiger partial charge >= 0.3 is 0 Å². The van der Waals surface area contributed by atoms with E-state index in [1.54, 1.807) is 99.5 Å². The van der Waals surface area contributed by atoms with Crippen molar-refractivity contribution in [3.05, 3.63) is 278 Å². The molecule has 0 saturated heterocycles. The van der Waals surface area contributed by atoms with Gasteiger partial charge in [0.05, 0.1) is 99.5 Å².